The van der Waals surface area contributed by atoms with Crippen LogP contribution in [0.2, 0.25) is 0 Å². The predicted octanol–water partition coefficient (Wildman–Crippen LogP) is 0.975. The number of aliphatic hydroxyl groups is 10. The van der Waals surface area contributed by atoms with Gasteiger partial charge in [0.05, 0.1) is 26.4 Å². The van der Waals surface area contributed by atoms with Gasteiger partial charge in [-0.2, -0.15) is 0 Å². The second-order valence-corrected chi connectivity index (χ2v) is 15.3. The monoisotopic (exact) mass is 804 g/mol. The van der Waals surface area contributed by atoms with Gasteiger partial charge in [-0.3, -0.25) is 0 Å². The number of ether oxygens (including phenoxy) is 4. The highest BCUT2D eigenvalue weighted by Gasteiger charge is 2.59. The molecule has 58 heavy (non-hydrogen) atoms. The zero-order valence-corrected chi connectivity index (χ0v) is 32.2. The fourth-order valence-electron chi connectivity index (χ4n) is 8.18. The summed E-state index contributed by atoms with van der Waals surface area (Å²) in [5, 5.41) is 103. The van der Waals surface area contributed by atoms with Gasteiger partial charge in [0.15, 0.2) is 0 Å². The Hall–Kier alpha value is -3.68. The molecule has 312 valence electrons. The first-order valence-corrected chi connectivity index (χ1v) is 19.6. The molecular weight excluding hydrogens is 752 g/mol. The van der Waals surface area contributed by atoms with Crippen molar-refractivity contribution in [2.24, 2.45) is 0 Å². The van der Waals surface area contributed by atoms with Crippen LogP contribution >= 0.6 is 0 Å². The third kappa shape index (κ3) is 7.42. The summed E-state index contributed by atoms with van der Waals surface area (Å²) in [6.45, 7) is 3.30. The highest BCUT2D eigenvalue weighted by atomic mass is 16.7. The standard InChI is InChI=1S/2C22H26O7/c2*1-2-12-3-5-13(6-4-12)18(24)14-7-8-15-11-28-22(16(15)9-14)21(27)20(26)19(25)17(10-23)29-22/h2*3-9,17-21,23-27H,2,10-11H2,1H3/t17-,18+,19-,20+,21-,22+;17-,18-,19-,20+,21-,22+/m11/s1. The van der Waals surface area contributed by atoms with Crippen molar-refractivity contribution in [1.29, 1.82) is 0 Å². The number of hydrogen-bond acceptors (Lipinski definition) is 14. The van der Waals surface area contributed by atoms with Gasteiger partial charge in [0, 0.05) is 11.1 Å². The Balaban J connectivity index is 0.000000177. The van der Waals surface area contributed by atoms with E-state index in [9.17, 15) is 51.1 Å². The Kier molecular flexibility index (Phi) is 12.5. The predicted molar refractivity (Wildman–Crippen MR) is 206 cm³/mol. The van der Waals surface area contributed by atoms with Gasteiger partial charge in [0.1, 0.15) is 61.0 Å². The fourth-order valence-corrected chi connectivity index (χ4v) is 8.18. The van der Waals surface area contributed by atoms with Crippen LogP contribution in [0, 0.1) is 0 Å². The summed E-state index contributed by atoms with van der Waals surface area (Å²) in [7, 11) is 0. The molecule has 2 saturated heterocycles. The van der Waals surface area contributed by atoms with Crippen molar-refractivity contribution in [1.82, 2.24) is 0 Å². The largest absolute Gasteiger partial charge is 0.394 e. The van der Waals surface area contributed by atoms with E-state index in [2.05, 4.69) is 13.8 Å². The van der Waals surface area contributed by atoms with E-state index >= 15 is 0 Å². The minimum atomic E-state index is -1.72. The number of hydrogen-bond donors (Lipinski definition) is 10. The molecule has 4 aromatic carbocycles. The SMILES string of the molecule is CCc1ccc([C@@H](O)c2ccc3c(c2)[C@]2(OC3)O[C@H](CO)[C@@H](O)[C@H](O)[C@H]2O)cc1.CCc1ccc([C@H](O)c2ccc3c(c2)[C@]2(OC3)O[C@H](CO)[C@@H](O)[C@H](O)[C@H]2O)cc1. The molecule has 4 heterocycles. The van der Waals surface area contributed by atoms with Gasteiger partial charge in [0.25, 0.3) is 0 Å². The Morgan fingerprint density at radius 2 is 0.862 bits per heavy atom. The summed E-state index contributed by atoms with van der Waals surface area (Å²) < 4.78 is 23.0. The van der Waals surface area contributed by atoms with Gasteiger partial charge in [-0.25, -0.2) is 0 Å². The van der Waals surface area contributed by atoms with Crippen LogP contribution in [0.15, 0.2) is 84.9 Å². The quantitative estimate of drug-likeness (QED) is 0.120. The smallest absolute Gasteiger partial charge is 0.225 e. The number of rotatable bonds is 8. The van der Waals surface area contributed by atoms with E-state index < -0.39 is 85.8 Å². The molecule has 0 amide bonds. The molecule has 2 spiro atoms. The Morgan fingerprint density at radius 1 is 0.517 bits per heavy atom. The number of fused-ring (bicyclic) bond motifs is 4. The lowest BCUT2D eigenvalue weighted by molar-refractivity contribution is -0.368. The molecule has 0 radical (unpaired) electrons. The summed E-state index contributed by atoms with van der Waals surface area (Å²) in [6.07, 6.45) is -11.3. The summed E-state index contributed by atoms with van der Waals surface area (Å²) >= 11 is 0. The summed E-state index contributed by atoms with van der Waals surface area (Å²) in [5.74, 6) is -3.44. The average molecular weight is 805 g/mol. The van der Waals surface area contributed by atoms with E-state index in [0.29, 0.717) is 22.3 Å². The van der Waals surface area contributed by atoms with Crippen molar-refractivity contribution in [3.63, 3.8) is 0 Å². The van der Waals surface area contributed by atoms with Gasteiger partial charge in [-0.05, 0) is 69.5 Å². The molecule has 4 aliphatic heterocycles. The van der Waals surface area contributed by atoms with E-state index in [1.165, 1.54) is 11.1 Å². The maximum Gasteiger partial charge on any atom is 0.225 e. The second kappa shape index (κ2) is 17.1. The molecule has 8 rings (SSSR count). The average Bonchev–Trinajstić information content (AvgIpc) is 3.82. The molecule has 14 nitrogen and oxygen atoms in total. The molecular formula is C44H52O14. The number of benzene rings is 4. The lowest BCUT2D eigenvalue weighted by atomic mass is 9.86. The minimum absolute atomic E-state index is 0.134. The van der Waals surface area contributed by atoms with E-state index in [-0.39, 0.29) is 13.2 Å². The highest BCUT2D eigenvalue weighted by Crippen LogP contribution is 2.48. The topological polar surface area (TPSA) is 239 Å². The Morgan fingerprint density at radius 3 is 1.19 bits per heavy atom. The molecule has 2 fully saturated rings. The summed E-state index contributed by atoms with van der Waals surface area (Å²) in [5.41, 5.74) is 7.36. The maximum absolute atomic E-state index is 10.9. The Bertz CT molecular complexity index is 1880. The molecule has 14 heteroatoms. The van der Waals surface area contributed by atoms with E-state index in [0.717, 1.165) is 35.1 Å². The van der Waals surface area contributed by atoms with Crippen LogP contribution in [0.1, 0.15) is 81.7 Å². The number of aryl methyl sites for hydroxylation is 2. The molecule has 12 atom stereocenters. The first-order valence-electron chi connectivity index (χ1n) is 19.6. The van der Waals surface area contributed by atoms with Crippen LogP contribution in [-0.4, -0.2) is 113 Å². The third-order valence-corrected chi connectivity index (χ3v) is 11.8. The van der Waals surface area contributed by atoms with Crippen molar-refractivity contribution in [2.75, 3.05) is 13.2 Å². The molecule has 0 saturated carbocycles. The van der Waals surface area contributed by atoms with Crippen molar-refractivity contribution in [2.45, 2.75) is 113 Å². The van der Waals surface area contributed by atoms with Gasteiger partial charge in [0.2, 0.25) is 11.6 Å². The van der Waals surface area contributed by atoms with Gasteiger partial charge >= 0.3 is 0 Å². The van der Waals surface area contributed by atoms with Crippen molar-refractivity contribution in [3.8, 4) is 0 Å². The van der Waals surface area contributed by atoms with Gasteiger partial charge in [-0.15, -0.1) is 0 Å². The van der Waals surface area contributed by atoms with E-state index in [1.54, 1.807) is 36.4 Å². The van der Waals surface area contributed by atoms with Crippen molar-refractivity contribution >= 4 is 0 Å². The third-order valence-electron chi connectivity index (χ3n) is 11.8. The molecule has 0 aliphatic carbocycles. The van der Waals surface area contributed by atoms with Crippen LogP contribution in [0.3, 0.4) is 0 Å². The molecule has 4 aliphatic rings. The molecule has 0 bridgehead atoms. The summed E-state index contributed by atoms with van der Waals surface area (Å²) in [6, 6.07) is 25.8. The van der Waals surface area contributed by atoms with E-state index in [1.807, 2.05) is 48.5 Å². The molecule has 0 unspecified atom stereocenters. The zero-order chi connectivity index (χ0) is 41.5. The van der Waals surface area contributed by atoms with Crippen molar-refractivity contribution in [3.05, 3.63) is 141 Å². The fraction of sp³-hybridized carbons (Fsp3) is 0.455. The van der Waals surface area contributed by atoms with Crippen molar-refractivity contribution < 1.29 is 70.0 Å². The lowest BCUT2D eigenvalue weighted by Gasteiger charge is -2.46. The zero-order valence-electron chi connectivity index (χ0n) is 32.2. The molecule has 10 N–H and O–H groups in total. The van der Waals surface area contributed by atoms with Gasteiger partial charge < -0.3 is 70.0 Å². The lowest BCUT2D eigenvalue weighted by Crippen LogP contribution is -2.63. The first-order chi connectivity index (χ1) is 27.8. The Labute approximate surface area is 335 Å². The summed E-state index contributed by atoms with van der Waals surface area (Å²) in [4.78, 5) is 0. The normalized spacial score (nSPS) is 32.3. The molecule has 4 aromatic rings. The maximum atomic E-state index is 10.9. The van der Waals surface area contributed by atoms with Crippen LogP contribution < -0.4 is 0 Å². The number of aliphatic hydroxyl groups excluding tert-OH is 10. The van der Waals surface area contributed by atoms with Crippen LogP contribution in [-0.2, 0) is 56.6 Å². The van der Waals surface area contributed by atoms with Crippen LogP contribution in [0.25, 0.3) is 0 Å². The van der Waals surface area contributed by atoms with E-state index in [4.69, 9.17) is 18.9 Å². The minimum Gasteiger partial charge on any atom is -0.394 e. The van der Waals surface area contributed by atoms with Crippen LogP contribution in [0.5, 0.6) is 0 Å². The van der Waals surface area contributed by atoms with Gasteiger partial charge in [-0.1, -0.05) is 86.6 Å². The second-order valence-electron chi connectivity index (χ2n) is 15.3. The first kappa shape index (κ1) is 42.4. The van der Waals surface area contributed by atoms with Crippen LogP contribution in [0.4, 0.5) is 0 Å². The molecule has 0 aromatic heterocycles. The highest BCUT2D eigenvalue weighted by molar-refractivity contribution is 5.44.